The molecule has 6 nitrogen and oxygen atoms in total. The number of carbonyl (C=O) groups excluding carboxylic acids is 2. The summed E-state index contributed by atoms with van der Waals surface area (Å²) in [5.41, 5.74) is 6.97. The molecule has 4 N–H and O–H groups in total. The third-order valence-electron chi connectivity index (χ3n) is 3.53. The van der Waals surface area contributed by atoms with Crippen molar-refractivity contribution in [3.8, 4) is 0 Å². The molecule has 134 valence electrons. The highest BCUT2D eigenvalue weighted by Gasteiger charge is 2.24. The zero-order chi connectivity index (χ0) is 17.5. The molecule has 2 amide bonds. The summed E-state index contributed by atoms with van der Waals surface area (Å²) in [6.07, 6.45) is 1.72. The average molecular weight is 363 g/mol. The van der Waals surface area contributed by atoms with Crippen molar-refractivity contribution >= 4 is 35.7 Å². The maximum atomic E-state index is 12.4. The third kappa shape index (κ3) is 6.43. The SMILES string of the molecule is CC(C)C(NC(=O)Cc1ccccc1)C(=O)Nc1ccc(N)nc1.Cl. The van der Waals surface area contributed by atoms with E-state index in [1.54, 1.807) is 12.1 Å². The minimum atomic E-state index is -0.626. The normalized spacial score (nSPS) is 11.3. The molecule has 1 aromatic heterocycles. The number of nitrogens with two attached hydrogens (primary N) is 1. The lowest BCUT2D eigenvalue weighted by atomic mass is 10.0. The molecule has 0 saturated heterocycles. The van der Waals surface area contributed by atoms with Crippen LogP contribution in [0.25, 0.3) is 0 Å². The zero-order valence-corrected chi connectivity index (χ0v) is 15.0. The number of halogens is 1. The van der Waals surface area contributed by atoms with Gasteiger partial charge in [0.15, 0.2) is 0 Å². The maximum absolute atomic E-state index is 12.4. The summed E-state index contributed by atoms with van der Waals surface area (Å²) in [6, 6.07) is 12.1. The zero-order valence-electron chi connectivity index (χ0n) is 14.2. The molecular weight excluding hydrogens is 340 g/mol. The molecule has 0 bridgehead atoms. The van der Waals surface area contributed by atoms with Crippen LogP contribution in [0.3, 0.4) is 0 Å². The first-order valence-electron chi connectivity index (χ1n) is 7.81. The molecule has 2 aromatic rings. The first-order valence-corrected chi connectivity index (χ1v) is 7.81. The molecule has 25 heavy (non-hydrogen) atoms. The van der Waals surface area contributed by atoms with Crippen LogP contribution < -0.4 is 16.4 Å². The number of benzene rings is 1. The summed E-state index contributed by atoms with van der Waals surface area (Å²) >= 11 is 0. The fourth-order valence-corrected chi connectivity index (χ4v) is 2.24. The Morgan fingerprint density at radius 1 is 1.12 bits per heavy atom. The summed E-state index contributed by atoms with van der Waals surface area (Å²) in [4.78, 5) is 28.6. The summed E-state index contributed by atoms with van der Waals surface area (Å²) in [5.74, 6) is -0.139. The van der Waals surface area contributed by atoms with Gasteiger partial charge in [0.1, 0.15) is 11.9 Å². The van der Waals surface area contributed by atoms with E-state index in [1.165, 1.54) is 6.20 Å². The van der Waals surface area contributed by atoms with E-state index >= 15 is 0 Å². The predicted molar refractivity (Wildman–Crippen MR) is 101 cm³/mol. The number of carbonyl (C=O) groups is 2. The lowest BCUT2D eigenvalue weighted by Gasteiger charge is -2.21. The first kappa shape index (κ1) is 20.4. The Morgan fingerprint density at radius 3 is 2.36 bits per heavy atom. The van der Waals surface area contributed by atoms with Crippen LogP contribution in [0.5, 0.6) is 0 Å². The van der Waals surface area contributed by atoms with Gasteiger partial charge < -0.3 is 16.4 Å². The molecule has 1 atom stereocenters. The van der Waals surface area contributed by atoms with E-state index in [0.29, 0.717) is 11.5 Å². The number of nitrogen functional groups attached to an aromatic ring is 1. The fourth-order valence-electron chi connectivity index (χ4n) is 2.24. The second-order valence-electron chi connectivity index (χ2n) is 5.91. The molecule has 0 aliphatic carbocycles. The Morgan fingerprint density at radius 2 is 1.80 bits per heavy atom. The summed E-state index contributed by atoms with van der Waals surface area (Å²) in [6.45, 7) is 3.77. The van der Waals surface area contributed by atoms with Gasteiger partial charge in [-0.1, -0.05) is 44.2 Å². The van der Waals surface area contributed by atoms with Crippen molar-refractivity contribution < 1.29 is 9.59 Å². The van der Waals surface area contributed by atoms with Gasteiger partial charge in [0.25, 0.3) is 0 Å². The molecule has 0 saturated carbocycles. The summed E-state index contributed by atoms with van der Waals surface area (Å²) < 4.78 is 0. The van der Waals surface area contributed by atoms with Gasteiger partial charge in [-0.05, 0) is 23.6 Å². The highest BCUT2D eigenvalue weighted by molar-refractivity contribution is 5.97. The van der Waals surface area contributed by atoms with Crippen LogP contribution in [0, 0.1) is 5.92 Å². The van der Waals surface area contributed by atoms with Gasteiger partial charge in [-0.25, -0.2) is 4.98 Å². The monoisotopic (exact) mass is 362 g/mol. The van der Waals surface area contributed by atoms with Crippen molar-refractivity contribution in [2.45, 2.75) is 26.3 Å². The number of pyridine rings is 1. The van der Waals surface area contributed by atoms with E-state index in [2.05, 4.69) is 15.6 Å². The van der Waals surface area contributed by atoms with Crippen LogP contribution in [0.15, 0.2) is 48.7 Å². The second kappa shape index (κ2) is 9.64. The van der Waals surface area contributed by atoms with Crippen LogP contribution in [-0.2, 0) is 16.0 Å². The Balaban J connectivity index is 0.00000312. The lowest BCUT2D eigenvalue weighted by molar-refractivity contribution is -0.127. The van der Waals surface area contributed by atoms with E-state index in [9.17, 15) is 9.59 Å². The third-order valence-corrected chi connectivity index (χ3v) is 3.53. The van der Waals surface area contributed by atoms with Crippen LogP contribution >= 0.6 is 12.4 Å². The highest BCUT2D eigenvalue weighted by Crippen LogP contribution is 2.10. The minimum Gasteiger partial charge on any atom is -0.384 e. The summed E-state index contributed by atoms with van der Waals surface area (Å²) in [7, 11) is 0. The van der Waals surface area contributed by atoms with Gasteiger partial charge in [0, 0.05) is 0 Å². The van der Waals surface area contributed by atoms with Gasteiger partial charge in [-0.15, -0.1) is 12.4 Å². The Hall–Kier alpha value is -2.60. The molecule has 0 fully saturated rings. The Bertz CT molecular complexity index is 690. The predicted octanol–water partition coefficient (Wildman–Crippen LogP) is 2.41. The molecular formula is C18H23ClN4O2. The van der Waals surface area contributed by atoms with Crippen molar-refractivity contribution in [3.05, 3.63) is 54.2 Å². The molecule has 0 aliphatic rings. The van der Waals surface area contributed by atoms with E-state index < -0.39 is 6.04 Å². The van der Waals surface area contributed by atoms with Crippen LogP contribution in [0.1, 0.15) is 19.4 Å². The molecule has 1 aromatic carbocycles. The lowest BCUT2D eigenvalue weighted by Crippen LogP contribution is -2.47. The largest absolute Gasteiger partial charge is 0.384 e. The molecule has 1 heterocycles. The number of aromatic nitrogens is 1. The van der Waals surface area contributed by atoms with Crippen molar-refractivity contribution in [2.24, 2.45) is 5.92 Å². The Labute approximate surface area is 153 Å². The van der Waals surface area contributed by atoms with Crippen molar-refractivity contribution in [3.63, 3.8) is 0 Å². The fraction of sp³-hybridized carbons (Fsp3) is 0.278. The molecule has 0 radical (unpaired) electrons. The standard InChI is InChI=1S/C18H22N4O2.ClH/c1-12(2)17(18(24)21-14-8-9-15(19)20-11-14)22-16(23)10-13-6-4-3-5-7-13;/h3-9,11-12,17H,10H2,1-2H3,(H2,19,20)(H,21,24)(H,22,23);1H. The summed E-state index contributed by atoms with van der Waals surface area (Å²) in [5, 5.41) is 5.55. The molecule has 7 heteroatoms. The quantitative estimate of drug-likeness (QED) is 0.735. The van der Waals surface area contributed by atoms with Crippen LogP contribution in [-0.4, -0.2) is 22.8 Å². The number of nitrogens with zero attached hydrogens (tertiary/aromatic N) is 1. The topological polar surface area (TPSA) is 97.1 Å². The number of hydrogen-bond acceptors (Lipinski definition) is 4. The average Bonchev–Trinajstić information content (AvgIpc) is 2.55. The van der Waals surface area contributed by atoms with E-state index in [1.807, 2.05) is 44.2 Å². The molecule has 0 aliphatic heterocycles. The Kier molecular flexibility index (Phi) is 7.88. The molecule has 2 rings (SSSR count). The molecule has 1 unspecified atom stereocenters. The van der Waals surface area contributed by atoms with Crippen LogP contribution in [0.2, 0.25) is 0 Å². The van der Waals surface area contributed by atoms with Gasteiger partial charge >= 0.3 is 0 Å². The van der Waals surface area contributed by atoms with Crippen molar-refractivity contribution in [1.29, 1.82) is 0 Å². The van der Waals surface area contributed by atoms with Crippen molar-refractivity contribution in [2.75, 3.05) is 11.1 Å². The first-order chi connectivity index (χ1) is 11.5. The number of anilines is 2. The smallest absolute Gasteiger partial charge is 0.247 e. The maximum Gasteiger partial charge on any atom is 0.247 e. The van der Waals surface area contributed by atoms with Gasteiger partial charge in [0.2, 0.25) is 11.8 Å². The number of hydrogen-bond donors (Lipinski definition) is 3. The van der Waals surface area contributed by atoms with E-state index in [-0.39, 0.29) is 36.6 Å². The second-order valence-corrected chi connectivity index (χ2v) is 5.91. The van der Waals surface area contributed by atoms with E-state index in [0.717, 1.165) is 5.56 Å². The number of rotatable bonds is 6. The highest BCUT2D eigenvalue weighted by atomic mass is 35.5. The molecule has 0 spiro atoms. The van der Waals surface area contributed by atoms with Gasteiger partial charge in [0.05, 0.1) is 18.3 Å². The number of nitrogens with one attached hydrogen (secondary N) is 2. The minimum absolute atomic E-state index is 0. The van der Waals surface area contributed by atoms with Crippen LogP contribution in [0.4, 0.5) is 11.5 Å². The number of amides is 2. The van der Waals surface area contributed by atoms with E-state index in [4.69, 9.17) is 5.73 Å². The van der Waals surface area contributed by atoms with Gasteiger partial charge in [-0.2, -0.15) is 0 Å². The van der Waals surface area contributed by atoms with Crippen molar-refractivity contribution in [1.82, 2.24) is 10.3 Å². The van der Waals surface area contributed by atoms with Gasteiger partial charge in [-0.3, -0.25) is 9.59 Å².